The van der Waals surface area contributed by atoms with Crippen molar-refractivity contribution in [2.45, 2.75) is 61.3 Å². The normalized spacial score (nSPS) is 14.8. The van der Waals surface area contributed by atoms with Crippen molar-refractivity contribution in [3.63, 3.8) is 0 Å². The minimum atomic E-state index is -1.34. The zero-order valence-electron chi connectivity index (χ0n) is 23.0. The second-order valence-electron chi connectivity index (χ2n) is 10.2. The number of nitrogens with two attached hydrogens (primary N) is 1. The molecule has 0 aromatic heterocycles. The molecule has 0 aliphatic heterocycles. The maximum absolute atomic E-state index is 12.4. The van der Waals surface area contributed by atoms with Gasteiger partial charge in [-0.1, -0.05) is 37.4 Å². The number of allylic oxidation sites excluding steroid dienone is 4. The van der Waals surface area contributed by atoms with Crippen molar-refractivity contribution in [1.29, 1.82) is 0 Å². The second kappa shape index (κ2) is 12.7. The summed E-state index contributed by atoms with van der Waals surface area (Å²) in [6.45, 7) is 24.4. The molecule has 1 atom stereocenters. The van der Waals surface area contributed by atoms with Crippen LogP contribution in [-0.4, -0.2) is 23.1 Å². The van der Waals surface area contributed by atoms with Gasteiger partial charge in [0, 0.05) is 16.3 Å². The number of ether oxygens (including phenoxy) is 1. The van der Waals surface area contributed by atoms with E-state index in [1.54, 1.807) is 40.7 Å². The third-order valence-electron chi connectivity index (χ3n) is 6.38. The molecule has 0 fully saturated rings. The lowest BCUT2D eigenvalue weighted by Gasteiger charge is -2.29. The Balaban J connectivity index is 3.31. The van der Waals surface area contributed by atoms with Gasteiger partial charge in [0.15, 0.2) is 0 Å². The van der Waals surface area contributed by atoms with E-state index in [-0.39, 0.29) is 11.6 Å². The maximum Gasteiger partial charge on any atom is 0.309 e. The number of rotatable bonds is 13. The molecule has 3 N–H and O–H groups in total. The van der Waals surface area contributed by atoms with Gasteiger partial charge in [-0.05, 0) is 101 Å². The van der Waals surface area contributed by atoms with Gasteiger partial charge in [-0.3, -0.25) is 4.79 Å². The molecule has 0 aliphatic rings. The quantitative estimate of drug-likeness (QED) is 0.121. The summed E-state index contributed by atoms with van der Waals surface area (Å²) in [4.78, 5) is 28.3. The highest BCUT2D eigenvalue weighted by Gasteiger charge is 2.36. The van der Waals surface area contributed by atoms with Crippen LogP contribution in [0, 0.1) is 17.8 Å². The lowest BCUT2D eigenvalue weighted by atomic mass is 9.78. The Kier molecular flexibility index (Phi) is 10.9. The van der Waals surface area contributed by atoms with E-state index in [9.17, 15) is 14.7 Å². The first kappa shape index (κ1) is 31.6. The number of carboxylic acid groups (broad SMARTS) is 1. The van der Waals surface area contributed by atoms with Crippen molar-refractivity contribution >= 4 is 35.1 Å². The van der Waals surface area contributed by atoms with Gasteiger partial charge < -0.3 is 20.4 Å². The summed E-state index contributed by atoms with van der Waals surface area (Å²) in [5.41, 5.74) is 9.01. The first-order valence-corrected chi connectivity index (χ1v) is 12.2. The average molecular weight is 527 g/mol. The Morgan fingerprint density at radius 3 is 2.27 bits per heavy atom. The molecule has 1 unspecified atom stereocenters. The van der Waals surface area contributed by atoms with Gasteiger partial charge in [0.25, 0.3) is 0 Å². The number of benzene rings is 1. The molecule has 0 saturated heterocycles. The minimum absolute atomic E-state index is 0.0982. The number of carboxylic acids is 1. The number of nitrogens with zero attached hydrogens (tertiary/aromatic N) is 1. The predicted octanol–water partition coefficient (Wildman–Crippen LogP) is 7.40. The van der Waals surface area contributed by atoms with Crippen LogP contribution in [0.4, 0.5) is 0 Å². The number of carbonyl (C=O) groups is 2. The fourth-order valence-electron chi connectivity index (χ4n) is 3.63. The van der Waals surface area contributed by atoms with Crippen LogP contribution in [-0.2, 0) is 14.3 Å². The van der Waals surface area contributed by atoms with Crippen molar-refractivity contribution in [1.82, 2.24) is 0 Å². The molecular weight excluding hydrogens is 488 g/mol. The number of carbonyl (C=O) groups excluding carboxylic acids is 1. The summed E-state index contributed by atoms with van der Waals surface area (Å²) in [6, 6.07) is 5.50. The third kappa shape index (κ3) is 8.05. The van der Waals surface area contributed by atoms with Crippen LogP contribution in [0.2, 0.25) is 5.02 Å². The van der Waals surface area contributed by atoms with Crippen LogP contribution in [0.25, 0.3) is 5.57 Å². The zero-order chi connectivity index (χ0) is 28.7. The standard InChI is InChI=1S/C30H39ClN2O4/c1-18(2)26(27(32)33-22(6)21(5)25-12-11-24(31)15-20(25)4)30(10,17-34)23(7)37-16-19(3)13-14-29(8,9)28(35)36/h11-12,15-17H,1,5,7,13-14,32H2,2-4,6,8-10H3,(H,35,36)/b19-16+,27-26+,33-22+. The predicted molar refractivity (Wildman–Crippen MR) is 153 cm³/mol. The molecule has 0 amide bonds. The Morgan fingerprint density at radius 2 is 1.78 bits per heavy atom. The molecule has 1 rings (SSSR count). The SMILES string of the molecule is C=C(C)/C(=C(N)\N=C(/C)C(=C)c1ccc(Cl)cc1C)C(C)(C=O)C(=C)O/C=C(\C)CCC(C)(C)C(=O)O. The smallest absolute Gasteiger partial charge is 0.309 e. The van der Waals surface area contributed by atoms with Crippen molar-refractivity contribution < 1.29 is 19.4 Å². The van der Waals surface area contributed by atoms with E-state index in [1.807, 2.05) is 26.0 Å². The highest BCUT2D eigenvalue weighted by molar-refractivity contribution is 6.31. The maximum atomic E-state index is 12.4. The van der Waals surface area contributed by atoms with Crippen LogP contribution in [0.3, 0.4) is 0 Å². The van der Waals surface area contributed by atoms with E-state index in [4.69, 9.17) is 22.1 Å². The van der Waals surface area contributed by atoms with Gasteiger partial charge in [-0.25, -0.2) is 4.99 Å². The van der Waals surface area contributed by atoms with E-state index in [2.05, 4.69) is 24.7 Å². The Morgan fingerprint density at radius 1 is 1.19 bits per heavy atom. The van der Waals surface area contributed by atoms with Crippen molar-refractivity contribution in [2.24, 2.45) is 21.6 Å². The molecular formula is C30H39ClN2O4. The van der Waals surface area contributed by atoms with E-state index >= 15 is 0 Å². The molecule has 0 saturated carbocycles. The Labute approximate surface area is 226 Å². The van der Waals surface area contributed by atoms with Gasteiger partial charge in [0.1, 0.15) is 23.3 Å². The largest absolute Gasteiger partial charge is 0.481 e. The molecule has 0 radical (unpaired) electrons. The molecule has 1 aromatic rings. The van der Waals surface area contributed by atoms with Crippen LogP contribution in [0.5, 0.6) is 0 Å². The molecule has 1 aromatic carbocycles. The van der Waals surface area contributed by atoms with E-state index in [0.717, 1.165) is 16.7 Å². The summed E-state index contributed by atoms with van der Waals surface area (Å²) < 4.78 is 5.77. The minimum Gasteiger partial charge on any atom is -0.481 e. The Hall–Kier alpha value is -3.38. The monoisotopic (exact) mass is 526 g/mol. The summed E-state index contributed by atoms with van der Waals surface area (Å²) in [6.07, 6.45) is 3.12. The number of aryl methyl sites for hydroxylation is 1. The van der Waals surface area contributed by atoms with Gasteiger partial charge in [0.2, 0.25) is 0 Å². The number of aliphatic carboxylic acids is 1. The fourth-order valence-corrected chi connectivity index (χ4v) is 3.85. The molecule has 0 heterocycles. The molecule has 7 heteroatoms. The molecule has 0 bridgehead atoms. The highest BCUT2D eigenvalue weighted by Crippen LogP contribution is 2.39. The van der Waals surface area contributed by atoms with Gasteiger partial charge in [-0.2, -0.15) is 0 Å². The second-order valence-corrected chi connectivity index (χ2v) is 10.6. The van der Waals surface area contributed by atoms with Gasteiger partial charge in [-0.15, -0.1) is 0 Å². The zero-order valence-corrected chi connectivity index (χ0v) is 23.8. The van der Waals surface area contributed by atoms with Gasteiger partial charge in [0.05, 0.1) is 11.7 Å². The van der Waals surface area contributed by atoms with Crippen molar-refractivity contribution in [3.05, 3.63) is 88.6 Å². The number of aliphatic imine (C=N–C) groups is 1. The number of hydrogen-bond acceptors (Lipinski definition) is 5. The molecule has 37 heavy (non-hydrogen) atoms. The molecule has 0 spiro atoms. The number of halogens is 1. The first-order chi connectivity index (χ1) is 17.0. The van der Waals surface area contributed by atoms with Crippen LogP contribution >= 0.6 is 11.6 Å². The third-order valence-corrected chi connectivity index (χ3v) is 6.62. The lowest BCUT2D eigenvalue weighted by Crippen LogP contribution is -2.28. The van der Waals surface area contributed by atoms with Crippen LogP contribution in [0.1, 0.15) is 65.5 Å². The summed E-state index contributed by atoms with van der Waals surface area (Å²) in [5.74, 6) is -0.628. The topological polar surface area (TPSA) is 102 Å². The fraction of sp³-hybridized carbons (Fsp3) is 0.367. The van der Waals surface area contributed by atoms with Crippen molar-refractivity contribution in [3.8, 4) is 0 Å². The summed E-state index contributed by atoms with van der Waals surface area (Å²) in [7, 11) is 0. The summed E-state index contributed by atoms with van der Waals surface area (Å²) in [5, 5.41) is 9.94. The van der Waals surface area contributed by atoms with Crippen molar-refractivity contribution in [2.75, 3.05) is 0 Å². The number of aldehydes is 1. The van der Waals surface area contributed by atoms with Gasteiger partial charge >= 0.3 is 5.97 Å². The molecule has 200 valence electrons. The molecule has 0 aliphatic carbocycles. The first-order valence-electron chi connectivity index (χ1n) is 11.9. The number of hydrogen-bond donors (Lipinski definition) is 2. The van der Waals surface area contributed by atoms with E-state index < -0.39 is 16.8 Å². The van der Waals surface area contributed by atoms with E-state index in [1.165, 1.54) is 6.26 Å². The van der Waals surface area contributed by atoms with Crippen LogP contribution in [0.15, 0.2) is 77.5 Å². The summed E-state index contributed by atoms with van der Waals surface area (Å²) >= 11 is 6.07. The lowest BCUT2D eigenvalue weighted by molar-refractivity contribution is -0.147. The highest BCUT2D eigenvalue weighted by atomic mass is 35.5. The molecule has 6 nitrogen and oxygen atoms in total. The average Bonchev–Trinajstić information content (AvgIpc) is 2.80. The van der Waals surface area contributed by atoms with E-state index in [0.29, 0.717) is 46.6 Å². The van der Waals surface area contributed by atoms with Crippen LogP contribution < -0.4 is 5.73 Å². The Bertz CT molecular complexity index is 1200.